The molecule has 0 spiro atoms. The van der Waals surface area contributed by atoms with Gasteiger partial charge in [0.1, 0.15) is 29.7 Å². The van der Waals surface area contributed by atoms with Crippen LogP contribution in [0.1, 0.15) is 33.1 Å². The molecule has 1 N–H and O–H groups in total. The van der Waals surface area contributed by atoms with Gasteiger partial charge in [0.05, 0.1) is 21.6 Å². The number of amides is 1. The molecule has 1 amide bonds. The largest absolute Gasteiger partial charge is 0.488 e. The van der Waals surface area contributed by atoms with Gasteiger partial charge < -0.3 is 19.4 Å². The van der Waals surface area contributed by atoms with Crippen LogP contribution in [-0.4, -0.2) is 47.9 Å². The van der Waals surface area contributed by atoms with Gasteiger partial charge in [0.15, 0.2) is 0 Å². The second kappa shape index (κ2) is 7.96. The molecule has 4 rings (SSSR count). The van der Waals surface area contributed by atoms with Crippen LogP contribution >= 0.6 is 11.3 Å². The van der Waals surface area contributed by atoms with Gasteiger partial charge in [0.25, 0.3) is 11.8 Å². The number of piperidine rings is 1. The van der Waals surface area contributed by atoms with E-state index in [-0.39, 0.29) is 18.5 Å². The van der Waals surface area contributed by atoms with Crippen LogP contribution in [0.4, 0.5) is 8.78 Å². The molecule has 1 unspecified atom stereocenters. The molecule has 1 aromatic carbocycles. The number of benzene rings is 1. The number of nitrogens with one attached hydrogen (secondary N) is 1. The number of carbonyl (C=O) groups excluding carboxylic acids is 1. The Balaban J connectivity index is 1.57. The van der Waals surface area contributed by atoms with Crippen molar-refractivity contribution >= 4 is 28.2 Å². The molecular weight excluding hydrogens is 412 g/mol. The van der Waals surface area contributed by atoms with Gasteiger partial charge in [-0.2, -0.15) is 0 Å². The van der Waals surface area contributed by atoms with Crippen LogP contribution in [-0.2, 0) is 6.61 Å². The third-order valence-corrected chi connectivity index (χ3v) is 6.32. The van der Waals surface area contributed by atoms with Gasteiger partial charge in [-0.25, -0.2) is 13.8 Å². The van der Waals surface area contributed by atoms with E-state index in [1.165, 1.54) is 11.3 Å². The van der Waals surface area contributed by atoms with E-state index < -0.39 is 17.9 Å². The first kappa shape index (κ1) is 20.7. The van der Waals surface area contributed by atoms with Crippen molar-refractivity contribution in [3.8, 4) is 5.75 Å². The van der Waals surface area contributed by atoms with Gasteiger partial charge in [0.2, 0.25) is 0 Å². The molecule has 3 heterocycles. The molecule has 1 fully saturated rings. The Bertz CT molecular complexity index is 1080. The lowest BCUT2D eigenvalue weighted by Crippen LogP contribution is -2.57. The first-order chi connectivity index (χ1) is 14.2. The average molecular weight is 435 g/mol. The Morgan fingerprint density at radius 3 is 2.97 bits per heavy atom. The zero-order valence-electron chi connectivity index (χ0n) is 17.0. The molecule has 6 nitrogen and oxygen atoms in total. The number of alkyl halides is 2. The number of carbonyl (C=O) groups is 1. The van der Waals surface area contributed by atoms with Crippen LogP contribution in [0.5, 0.6) is 5.75 Å². The molecule has 160 valence electrons. The number of nitrogens with zero attached hydrogens (tertiary/aromatic N) is 2. The number of halogens is 2. The number of aromatic nitrogens is 1. The lowest BCUT2D eigenvalue weighted by molar-refractivity contribution is -0.0767. The molecule has 3 aromatic rings. The lowest BCUT2D eigenvalue weighted by Gasteiger charge is -2.36. The summed E-state index contributed by atoms with van der Waals surface area (Å²) in [6.07, 6.45) is -0.283. The maximum atomic E-state index is 14.3. The molecule has 1 aliphatic rings. The monoisotopic (exact) mass is 435 g/mol. The molecule has 0 bridgehead atoms. The normalized spacial score (nSPS) is 19.2. The summed E-state index contributed by atoms with van der Waals surface area (Å²) in [5.41, 5.74) is 3.44. The van der Waals surface area contributed by atoms with Crippen molar-refractivity contribution < 1.29 is 22.7 Å². The standard InChI is InChI=1S/C21H23F2N3O3S/c1-12-17(30-11-24-12)10-28-14-4-5-16-15(8-14)19(13(2)29-16)20(27)25-18-9-26(3)7-6-21(18,22)23/h4-5,8,11,18H,6-7,9-10H2,1-3H3,(H,25,27). The minimum Gasteiger partial charge on any atom is -0.488 e. The smallest absolute Gasteiger partial charge is 0.270 e. The van der Waals surface area contributed by atoms with E-state index in [0.717, 1.165) is 10.6 Å². The van der Waals surface area contributed by atoms with E-state index in [2.05, 4.69) is 10.3 Å². The summed E-state index contributed by atoms with van der Waals surface area (Å²) in [6, 6.07) is 3.94. The average Bonchev–Trinajstić information content (AvgIpc) is 3.24. The lowest BCUT2D eigenvalue weighted by atomic mass is 10.0. The topological polar surface area (TPSA) is 67.6 Å². The number of rotatable bonds is 5. The minimum absolute atomic E-state index is 0.0934. The fraction of sp³-hybridized carbons (Fsp3) is 0.429. The summed E-state index contributed by atoms with van der Waals surface area (Å²) in [5.74, 6) is -2.57. The molecule has 9 heteroatoms. The highest BCUT2D eigenvalue weighted by Crippen LogP contribution is 2.32. The van der Waals surface area contributed by atoms with Crippen LogP contribution in [0.25, 0.3) is 11.0 Å². The number of likely N-dealkylation sites (N-methyl/N-ethyl adjacent to an activating group) is 1. The van der Waals surface area contributed by atoms with Gasteiger partial charge in [-0.1, -0.05) is 0 Å². The predicted octanol–water partition coefficient (Wildman–Crippen LogP) is 4.15. The summed E-state index contributed by atoms with van der Waals surface area (Å²) in [4.78, 5) is 19.9. The quantitative estimate of drug-likeness (QED) is 0.652. The summed E-state index contributed by atoms with van der Waals surface area (Å²) >= 11 is 1.51. The number of likely N-dealkylation sites (tertiary alicyclic amines) is 1. The Morgan fingerprint density at radius 2 is 2.23 bits per heavy atom. The molecule has 0 saturated carbocycles. The molecule has 1 atom stereocenters. The number of furan rings is 1. The fourth-order valence-corrected chi connectivity index (χ4v) is 4.31. The van der Waals surface area contributed by atoms with E-state index in [0.29, 0.717) is 35.6 Å². The third kappa shape index (κ3) is 4.04. The van der Waals surface area contributed by atoms with Crippen molar-refractivity contribution in [2.45, 2.75) is 38.8 Å². The predicted molar refractivity (Wildman–Crippen MR) is 110 cm³/mol. The summed E-state index contributed by atoms with van der Waals surface area (Å²) in [5, 5.41) is 3.06. The van der Waals surface area contributed by atoms with E-state index in [9.17, 15) is 13.6 Å². The number of ether oxygens (including phenoxy) is 1. The minimum atomic E-state index is -2.95. The van der Waals surface area contributed by atoms with Crippen molar-refractivity contribution in [3.05, 3.63) is 45.6 Å². The third-order valence-electron chi connectivity index (χ3n) is 5.41. The summed E-state index contributed by atoms with van der Waals surface area (Å²) in [7, 11) is 1.77. The van der Waals surface area contributed by atoms with Crippen LogP contribution in [0.3, 0.4) is 0 Å². The van der Waals surface area contributed by atoms with Crippen LogP contribution < -0.4 is 10.1 Å². The second-order valence-electron chi connectivity index (χ2n) is 7.64. The van der Waals surface area contributed by atoms with Crippen LogP contribution in [0, 0.1) is 13.8 Å². The SMILES string of the molecule is Cc1ncsc1COc1ccc2oc(C)c(C(=O)NC3CN(C)CCC3(F)F)c2c1. The highest BCUT2D eigenvalue weighted by atomic mass is 32.1. The maximum absolute atomic E-state index is 14.3. The fourth-order valence-electron chi connectivity index (χ4n) is 3.62. The number of hydrogen-bond donors (Lipinski definition) is 1. The highest BCUT2D eigenvalue weighted by Gasteiger charge is 2.44. The van der Waals surface area contributed by atoms with E-state index >= 15 is 0 Å². The Labute approximate surface area is 176 Å². The molecular formula is C21H23F2N3O3S. The van der Waals surface area contributed by atoms with Crippen molar-refractivity contribution in [2.75, 3.05) is 20.1 Å². The first-order valence-corrected chi connectivity index (χ1v) is 10.5. The van der Waals surface area contributed by atoms with Gasteiger partial charge in [-0.3, -0.25) is 4.79 Å². The highest BCUT2D eigenvalue weighted by molar-refractivity contribution is 7.09. The first-order valence-electron chi connectivity index (χ1n) is 9.67. The van der Waals surface area contributed by atoms with Crippen molar-refractivity contribution in [1.29, 1.82) is 0 Å². The number of fused-ring (bicyclic) bond motifs is 1. The van der Waals surface area contributed by atoms with Gasteiger partial charge in [-0.15, -0.1) is 11.3 Å². The Morgan fingerprint density at radius 1 is 1.43 bits per heavy atom. The molecule has 1 aliphatic heterocycles. The zero-order chi connectivity index (χ0) is 21.5. The van der Waals surface area contributed by atoms with E-state index in [1.807, 2.05) is 6.92 Å². The molecule has 0 radical (unpaired) electrons. The zero-order valence-corrected chi connectivity index (χ0v) is 17.8. The Hall–Kier alpha value is -2.52. The molecule has 1 saturated heterocycles. The number of hydrogen-bond acceptors (Lipinski definition) is 6. The number of thiazole rings is 1. The van der Waals surface area contributed by atoms with Crippen LogP contribution in [0.15, 0.2) is 28.1 Å². The molecule has 0 aliphatic carbocycles. The molecule has 2 aromatic heterocycles. The van der Waals surface area contributed by atoms with E-state index in [1.54, 1.807) is 42.6 Å². The van der Waals surface area contributed by atoms with Crippen molar-refractivity contribution in [1.82, 2.24) is 15.2 Å². The van der Waals surface area contributed by atoms with Crippen LogP contribution in [0.2, 0.25) is 0 Å². The van der Waals surface area contributed by atoms with Gasteiger partial charge in [0, 0.05) is 24.9 Å². The van der Waals surface area contributed by atoms with Crippen molar-refractivity contribution in [3.63, 3.8) is 0 Å². The van der Waals surface area contributed by atoms with Gasteiger partial charge >= 0.3 is 0 Å². The second-order valence-corrected chi connectivity index (χ2v) is 8.58. The summed E-state index contributed by atoms with van der Waals surface area (Å²) < 4.78 is 40.1. The van der Waals surface area contributed by atoms with Gasteiger partial charge in [-0.05, 0) is 39.1 Å². The van der Waals surface area contributed by atoms with E-state index in [4.69, 9.17) is 9.15 Å². The molecule has 30 heavy (non-hydrogen) atoms. The maximum Gasteiger partial charge on any atom is 0.270 e. The Kier molecular flexibility index (Phi) is 5.50. The number of aryl methyl sites for hydroxylation is 2. The summed E-state index contributed by atoms with van der Waals surface area (Å²) in [6.45, 7) is 4.32. The van der Waals surface area contributed by atoms with Crippen molar-refractivity contribution in [2.24, 2.45) is 0 Å².